The second-order valence-electron chi connectivity index (χ2n) is 5.35. The smallest absolute Gasteiger partial charge is 0.311 e. The molecule has 1 unspecified atom stereocenters. The Morgan fingerprint density at radius 2 is 1.65 bits per heavy atom. The zero-order valence-electron chi connectivity index (χ0n) is 12.0. The van der Waals surface area contributed by atoms with Gasteiger partial charge in [-0.1, -0.05) is 34.1 Å². The van der Waals surface area contributed by atoms with Gasteiger partial charge in [0, 0.05) is 6.61 Å². The van der Waals surface area contributed by atoms with Crippen LogP contribution in [0.2, 0.25) is 0 Å². The Bertz CT molecular complexity index is 200. The molecule has 0 radical (unpaired) electrons. The van der Waals surface area contributed by atoms with Gasteiger partial charge in [0.25, 0.3) is 0 Å². The molecule has 0 aromatic carbocycles. The summed E-state index contributed by atoms with van der Waals surface area (Å²) < 4.78 is 10.6. The maximum atomic E-state index is 11.9. The minimum atomic E-state index is -0.104. The Morgan fingerprint density at radius 1 is 1.00 bits per heavy atom. The summed E-state index contributed by atoms with van der Waals surface area (Å²) in [5.41, 5.74) is 0. The van der Waals surface area contributed by atoms with E-state index in [1.165, 1.54) is 0 Å². The molecule has 0 aliphatic rings. The Hall–Kier alpha value is -0.570. The van der Waals surface area contributed by atoms with Crippen LogP contribution in [0.3, 0.4) is 0 Å². The minimum Gasteiger partial charge on any atom is -0.465 e. The maximum absolute atomic E-state index is 11.9. The van der Waals surface area contributed by atoms with E-state index in [2.05, 4.69) is 13.8 Å². The van der Waals surface area contributed by atoms with Crippen molar-refractivity contribution in [1.29, 1.82) is 0 Å². The Morgan fingerprint density at radius 3 is 2.12 bits per heavy atom. The van der Waals surface area contributed by atoms with E-state index in [9.17, 15) is 4.79 Å². The molecule has 102 valence electrons. The van der Waals surface area contributed by atoms with Crippen LogP contribution in [-0.2, 0) is 14.3 Å². The topological polar surface area (TPSA) is 35.5 Å². The molecule has 0 amide bonds. The molecule has 0 aliphatic heterocycles. The fraction of sp³-hybridized carbons (Fsp3) is 0.929. The summed E-state index contributed by atoms with van der Waals surface area (Å²) in [4.78, 5) is 11.9. The number of ether oxygens (including phenoxy) is 2. The third-order valence-corrected chi connectivity index (χ3v) is 2.51. The van der Waals surface area contributed by atoms with Gasteiger partial charge >= 0.3 is 5.97 Å². The lowest BCUT2D eigenvalue weighted by Crippen LogP contribution is -2.24. The maximum Gasteiger partial charge on any atom is 0.311 e. The van der Waals surface area contributed by atoms with Crippen molar-refractivity contribution in [1.82, 2.24) is 0 Å². The van der Waals surface area contributed by atoms with Gasteiger partial charge in [-0.2, -0.15) is 0 Å². The molecule has 0 saturated carbocycles. The highest BCUT2D eigenvalue weighted by atomic mass is 16.5. The van der Waals surface area contributed by atoms with E-state index in [0.29, 0.717) is 31.7 Å². The van der Waals surface area contributed by atoms with Crippen molar-refractivity contribution in [2.45, 2.75) is 47.5 Å². The standard InChI is InChI=1S/C14H28O3/c1-6-16-10-13(8-7-11(2)3)14(15)17-9-12(4)5/h11-13H,6-10H2,1-5H3. The van der Waals surface area contributed by atoms with Gasteiger partial charge in [-0.15, -0.1) is 0 Å². The highest BCUT2D eigenvalue weighted by molar-refractivity contribution is 5.72. The van der Waals surface area contributed by atoms with Gasteiger partial charge < -0.3 is 9.47 Å². The quantitative estimate of drug-likeness (QED) is 0.584. The number of hydrogen-bond donors (Lipinski definition) is 0. The zero-order valence-corrected chi connectivity index (χ0v) is 12.0. The lowest BCUT2D eigenvalue weighted by atomic mass is 9.98. The molecular weight excluding hydrogens is 216 g/mol. The largest absolute Gasteiger partial charge is 0.465 e. The number of carbonyl (C=O) groups excluding carboxylic acids is 1. The molecule has 0 aliphatic carbocycles. The summed E-state index contributed by atoms with van der Waals surface area (Å²) in [5.74, 6) is 0.790. The van der Waals surface area contributed by atoms with Crippen molar-refractivity contribution >= 4 is 5.97 Å². The van der Waals surface area contributed by atoms with Crippen LogP contribution in [0.15, 0.2) is 0 Å². The van der Waals surface area contributed by atoms with Crippen molar-refractivity contribution in [2.75, 3.05) is 19.8 Å². The molecule has 0 heterocycles. The lowest BCUT2D eigenvalue weighted by Gasteiger charge is -2.17. The van der Waals surface area contributed by atoms with Crippen molar-refractivity contribution in [3.05, 3.63) is 0 Å². The third kappa shape index (κ3) is 9.16. The number of esters is 1. The van der Waals surface area contributed by atoms with Crippen molar-refractivity contribution in [3.63, 3.8) is 0 Å². The molecule has 0 rings (SSSR count). The molecular formula is C14H28O3. The second kappa shape index (κ2) is 9.46. The van der Waals surface area contributed by atoms with E-state index in [1.54, 1.807) is 0 Å². The molecule has 17 heavy (non-hydrogen) atoms. The second-order valence-corrected chi connectivity index (χ2v) is 5.35. The van der Waals surface area contributed by atoms with E-state index in [0.717, 1.165) is 12.8 Å². The van der Waals surface area contributed by atoms with Gasteiger partial charge in [0.05, 0.1) is 19.1 Å². The summed E-state index contributed by atoms with van der Waals surface area (Å²) in [7, 11) is 0. The normalized spacial score (nSPS) is 13.1. The summed E-state index contributed by atoms with van der Waals surface area (Å²) in [6.07, 6.45) is 1.89. The minimum absolute atomic E-state index is 0.101. The molecule has 0 saturated heterocycles. The first-order valence-electron chi connectivity index (χ1n) is 6.71. The Kier molecular flexibility index (Phi) is 9.14. The predicted octanol–water partition coefficient (Wildman–Crippen LogP) is 3.27. The van der Waals surface area contributed by atoms with E-state index in [-0.39, 0.29) is 11.9 Å². The number of carbonyl (C=O) groups is 1. The molecule has 0 aromatic heterocycles. The molecule has 0 spiro atoms. The van der Waals surface area contributed by atoms with Gasteiger partial charge in [-0.25, -0.2) is 0 Å². The number of hydrogen-bond acceptors (Lipinski definition) is 3. The van der Waals surface area contributed by atoms with Crippen LogP contribution in [0.1, 0.15) is 47.5 Å². The predicted molar refractivity (Wildman–Crippen MR) is 69.9 cm³/mol. The van der Waals surface area contributed by atoms with Crippen molar-refractivity contribution in [2.24, 2.45) is 17.8 Å². The van der Waals surface area contributed by atoms with Gasteiger partial charge in [0.2, 0.25) is 0 Å². The van der Waals surface area contributed by atoms with Crippen molar-refractivity contribution in [3.8, 4) is 0 Å². The summed E-state index contributed by atoms with van der Waals surface area (Å²) in [6.45, 7) is 12.0. The average Bonchev–Trinajstić information content (AvgIpc) is 2.25. The molecule has 3 heteroatoms. The first-order chi connectivity index (χ1) is 7.97. The van der Waals surface area contributed by atoms with Crippen LogP contribution < -0.4 is 0 Å². The Labute approximate surface area is 106 Å². The van der Waals surface area contributed by atoms with Crippen LogP contribution in [0, 0.1) is 17.8 Å². The van der Waals surface area contributed by atoms with Crippen LogP contribution in [0.4, 0.5) is 0 Å². The monoisotopic (exact) mass is 244 g/mol. The highest BCUT2D eigenvalue weighted by Gasteiger charge is 2.20. The molecule has 0 N–H and O–H groups in total. The SMILES string of the molecule is CCOCC(CCC(C)C)C(=O)OCC(C)C. The van der Waals surface area contributed by atoms with Gasteiger partial charge in [0.15, 0.2) is 0 Å². The first-order valence-corrected chi connectivity index (χ1v) is 6.71. The number of rotatable bonds is 9. The van der Waals surface area contributed by atoms with Gasteiger partial charge in [-0.3, -0.25) is 4.79 Å². The summed E-state index contributed by atoms with van der Waals surface area (Å²) in [5, 5.41) is 0. The highest BCUT2D eigenvalue weighted by Crippen LogP contribution is 2.15. The molecule has 3 nitrogen and oxygen atoms in total. The zero-order chi connectivity index (χ0) is 13.3. The lowest BCUT2D eigenvalue weighted by molar-refractivity contribution is -0.152. The van der Waals surface area contributed by atoms with E-state index < -0.39 is 0 Å². The summed E-state index contributed by atoms with van der Waals surface area (Å²) in [6, 6.07) is 0. The van der Waals surface area contributed by atoms with Crippen LogP contribution in [0.25, 0.3) is 0 Å². The van der Waals surface area contributed by atoms with E-state index in [1.807, 2.05) is 20.8 Å². The average molecular weight is 244 g/mol. The van der Waals surface area contributed by atoms with Gasteiger partial charge in [-0.05, 0) is 25.2 Å². The summed E-state index contributed by atoms with van der Waals surface area (Å²) >= 11 is 0. The molecule has 0 bridgehead atoms. The van der Waals surface area contributed by atoms with Crippen molar-refractivity contribution < 1.29 is 14.3 Å². The molecule has 0 fully saturated rings. The van der Waals surface area contributed by atoms with Crippen LogP contribution >= 0.6 is 0 Å². The van der Waals surface area contributed by atoms with Crippen LogP contribution in [0.5, 0.6) is 0 Å². The third-order valence-electron chi connectivity index (χ3n) is 2.51. The molecule has 1 atom stereocenters. The fourth-order valence-electron chi connectivity index (χ4n) is 1.43. The Balaban J connectivity index is 4.09. The first kappa shape index (κ1) is 16.4. The fourth-order valence-corrected chi connectivity index (χ4v) is 1.43. The van der Waals surface area contributed by atoms with Gasteiger partial charge in [0.1, 0.15) is 0 Å². The van der Waals surface area contributed by atoms with Crippen LogP contribution in [-0.4, -0.2) is 25.8 Å². The molecule has 0 aromatic rings. The van der Waals surface area contributed by atoms with E-state index in [4.69, 9.17) is 9.47 Å². The van der Waals surface area contributed by atoms with E-state index >= 15 is 0 Å².